The van der Waals surface area contributed by atoms with Gasteiger partial charge in [-0.3, -0.25) is 9.78 Å². The molecule has 21 heavy (non-hydrogen) atoms. The van der Waals surface area contributed by atoms with E-state index in [0.29, 0.717) is 0 Å². The van der Waals surface area contributed by atoms with E-state index >= 15 is 0 Å². The first-order chi connectivity index (χ1) is 9.93. The van der Waals surface area contributed by atoms with Crippen LogP contribution in [0.1, 0.15) is 18.2 Å². The van der Waals surface area contributed by atoms with Crippen LogP contribution in [0, 0.1) is 12.3 Å². The number of carbonyl (C=O) groups excluding carboxylic acids is 1. The molecular weight excluding hydrogens is 274 g/mol. The molecule has 2 amide bonds. The summed E-state index contributed by atoms with van der Waals surface area (Å²) in [5, 5.41) is 14.6. The van der Waals surface area contributed by atoms with Gasteiger partial charge in [-0.1, -0.05) is 6.07 Å². The van der Waals surface area contributed by atoms with Crippen molar-refractivity contribution in [2.24, 2.45) is 5.41 Å². The molecule has 1 aliphatic rings. The van der Waals surface area contributed by atoms with E-state index in [-0.39, 0.29) is 19.8 Å². The predicted octanol–water partition coefficient (Wildman–Crippen LogP) is 0.679. The molecule has 0 bridgehead atoms. The number of aliphatic carboxylic acids is 1. The average molecular weight is 293 g/mol. The molecule has 1 aliphatic heterocycles. The summed E-state index contributed by atoms with van der Waals surface area (Å²) in [7, 11) is 0. The van der Waals surface area contributed by atoms with Gasteiger partial charge in [-0.15, -0.1) is 0 Å². The minimum absolute atomic E-state index is 0.0899. The Hall–Kier alpha value is -2.15. The summed E-state index contributed by atoms with van der Waals surface area (Å²) in [5.74, 6) is -0.981. The second kappa shape index (κ2) is 6.09. The third-order valence-electron chi connectivity index (χ3n) is 3.78. The summed E-state index contributed by atoms with van der Waals surface area (Å²) in [6.45, 7) is 4.05. The quantitative estimate of drug-likeness (QED) is 0.758. The topological polar surface area (TPSA) is 101 Å². The molecule has 0 aliphatic carbocycles. The number of amides is 2. The predicted molar refractivity (Wildman–Crippen MR) is 74.7 cm³/mol. The molecule has 2 atom stereocenters. The molecule has 1 aromatic rings. The third kappa shape index (κ3) is 3.30. The maximum atomic E-state index is 11.9. The van der Waals surface area contributed by atoms with Gasteiger partial charge < -0.3 is 20.5 Å². The van der Waals surface area contributed by atoms with Crippen molar-refractivity contribution >= 4 is 12.0 Å². The average Bonchev–Trinajstić information content (AvgIpc) is 2.81. The Labute approximate surface area is 122 Å². The standard InChI is InChI=1S/C14H19N3O4/c1-9-4-3-5-15-10(9)6-16-13(20)17-11-7-21-8-14(11,2)12(18)19/h3-5,11H,6-8H2,1-2H3,(H,18,19)(H2,16,17,20). The molecular formula is C14H19N3O4. The Morgan fingerprint density at radius 1 is 1.57 bits per heavy atom. The lowest BCUT2D eigenvalue weighted by atomic mass is 9.85. The Bertz CT molecular complexity index is 549. The fourth-order valence-corrected chi connectivity index (χ4v) is 2.16. The molecule has 2 unspecified atom stereocenters. The van der Waals surface area contributed by atoms with Crippen molar-refractivity contribution in [3.8, 4) is 0 Å². The number of aromatic nitrogens is 1. The van der Waals surface area contributed by atoms with Crippen LogP contribution < -0.4 is 10.6 Å². The van der Waals surface area contributed by atoms with Gasteiger partial charge in [0.1, 0.15) is 5.41 Å². The number of carbonyl (C=O) groups is 2. The number of rotatable bonds is 4. The lowest BCUT2D eigenvalue weighted by Gasteiger charge is -2.25. The van der Waals surface area contributed by atoms with Crippen molar-refractivity contribution in [1.29, 1.82) is 0 Å². The summed E-state index contributed by atoms with van der Waals surface area (Å²) in [4.78, 5) is 27.4. The van der Waals surface area contributed by atoms with Crippen LogP contribution in [-0.4, -0.2) is 41.3 Å². The lowest BCUT2D eigenvalue weighted by molar-refractivity contribution is -0.148. The fraction of sp³-hybridized carbons (Fsp3) is 0.500. The molecule has 7 heteroatoms. The van der Waals surface area contributed by atoms with E-state index in [4.69, 9.17) is 4.74 Å². The number of nitrogens with one attached hydrogen (secondary N) is 2. The molecule has 3 N–H and O–H groups in total. The monoisotopic (exact) mass is 293 g/mol. The van der Waals surface area contributed by atoms with E-state index in [1.165, 1.54) is 0 Å². The number of ether oxygens (including phenoxy) is 1. The molecule has 1 aromatic heterocycles. The van der Waals surface area contributed by atoms with Gasteiger partial charge in [-0.2, -0.15) is 0 Å². The second-order valence-electron chi connectivity index (χ2n) is 5.38. The highest BCUT2D eigenvalue weighted by Gasteiger charge is 2.47. The normalized spacial score (nSPS) is 24.6. The van der Waals surface area contributed by atoms with Gasteiger partial charge in [-0.05, 0) is 25.5 Å². The van der Waals surface area contributed by atoms with Gasteiger partial charge in [0.05, 0.1) is 31.5 Å². The van der Waals surface area contributed by atoms with Gasteiger partial charge in [0, 0.05) is 6.20 Å². The molecule has 0 spiro atoms. The summed E-state index contributed by atoms with van der Waals surface area (Å²) in [6.07, 6.45) is 1.66. The minimum Gasteiger partial charge on any atom is -0.481 e. The molecule has 2 rings (SSSR count). The van der Waals surface area contributed by atoms with E-state index in [1.807, 2.05) is 19.1 Å². The SMILES string of the molecule is Cc1cccnc1CNC(=O)NC1COCC1(C)C(=O)O. The van der Waals surface area contributed by atoms with E-state index in [2.05, 4.69) is 15.6 Å². The Morgan fingerprint density at radius 2 is 2.33 bits per heavy atom. The maximum Gasteiger partial charge on any atom is 0.315 e. The highest BCUT2D eigenvalue weighted by molar-refractivity contribution is 5.79. The van der Waals surface area contributed by atoms with Gasteiger partial charge in [0.2, 0.25) is 0 Å². The number of carboxylic acid groups (broad SMARTS) is 1. The first-order valence-electron chi connectivity index (χ1n) is 6.69. The van der Waals surface area contributed by atoms with E-state index < -0.39 is 23.5 Å². The maximum absolute atomic E-state index is 11.9. The number of hydrogen-bond acceptors (Lipinski definition) is 4. The van der Waals surface area contributed by atoms with Gasteiger partial charge in [0.15, 0.2) is 0 Å². The van der Waals surface area contributed by atoms with Crippen LogP contribution in [0.2, 0.25) is 0 Å². The molecule has 7 nitrogen and oxygen atoms in total. The largest absolute Gasteiger partial charge is 0.481 e. The van der Waals surface area contributed by atoms with Crippen molar-refractivity contribution in [2.45, 2.75) is 26.4 Å². The number of carboxylic acids is 1. The summed E-state index contributed by atoms with van der Waals surface area (Å²) in [6, 6.07) is 2.75. The number of pyridine rings is 1. The second-order valence-corrected chi connectivity index (χ2v) is 5.38. The number of nitrogens with zero attached hydrogens (tertiary/aromatic N) is 1. The van der Waals surface area contributed by atoms with Gasteiger partial charge >= 0.3 is 12.0 Å². The van der Waals surface area contributed by atoms with Crippen LogP contribution in [0.15, 0.2) is 18.3 Å². The van der Waals surface area contributed by atoms with Crippen molar-refractivity contribution < 1.29 is 19.4 Å². The third-order valence-corrected chi connectivity index (χ3v) is 3.78. The van der Waals surface area contributed by atoms with E-state index in [9.17, 15) is 14.7 Å². The Balaban J connectivity index is 1.90. The van der Waals surface area contributed by atoms with E-state index in [1.54, 1.807) is 13.1 Å². The Kier molecular flexibility index (Phi) is 4.42. The summed E-state index contributed by atoms with van der Waals surface area (Å²) < 4.78 is 5.18. The lowest BCUT2D eigenvalue weighted by Crippen LogP contribution is -2.52. The van der Waals surface area contributed by atoms with Crippen LogP contribution in [0.3, 0.4) is 0 Å². The van der Waals surface area contributed by atoms with Crippen LogP contribution in [0.4, 0.5) is 4.79 Å². The molecule has 114 valence electrons. The molecule has 1 saturated heterocycles. The van der Waals surface area contributed by atoms with Gasteiger partial charge in [0.25, 0.3) is 0 Å². The van der Waals surface area contributed by atoms with Crippen molar-refractivity contribution in [2.75, 3.05) is 13.2 Å². The molecule has 0 radical (unpaired) electrons. The zero-order valence-corrected chi connectivity index (χ0v) is 12.0. The zero-order valence-electron chi connectivity index (χ0n) is 12.0. The van der Waals surface area contributed by atoms with Crippen molar-refractivity contribution in [1.82, 2.24) is 15.6 Å². The van der Waals surface area contributed by atoms with Crippen molar-refractivity contribution in [3.05, 3.63) is 29.6 Å². The van der Waals surface area contributed by atoms with E-state index in [0.717, 1.165) is 11.3 Å². The highest BCUT2D eigenvalue weighted by atomic mass is 16.5. The molecule has 0 aromatic carbocycles. The number of hydrogen-bond donors (Lipinski definition) is 3. The molecule has 0 saturated carbocycles. The summed E-state index contributed by atoms with van der Waals surface area (Å²) in [5.41, 5.74) is 0.659. The van der Waals surface area contributed by atoms with Gasteiger partial charge in [-0.25, -0.2) is 4.79 Å². The van der Waals surface area contributed by atoms with Crippen LogP contribution >= 0.6 is 0 Å². The smallest absolute Gasteiger partial charge is 0.315 e. The van der Waals surface area contributed by atoms with Crippen LogP contribution in [0.25, 0.3) is 0 Å². The van der Waals surface area contributed by atoms with Crippen LogP contribution in [-0.2, 0) is 16.1 Å². The summed E-state index contributed by atoms with van der Waals surface area (Å²) >= 11 is 0. The van der Waals surface area contributed by atoms with Crippen molar-refractivity contribution in [3.63, 3.8) is 0 Å². The Morgan fingerprint density at radius 3 is 3.00 bits per heavy atom. The molecule has 2 heterocycles. The number of aryl methyl sites for hydroxylation is 1. The molecule has 1 fully saturated rings. The first-order valence-corrected chi connectivity index (χ1v) is 6.69. The minimum atomic E-state index is -1.10. The zero-order chi connectivity index (χ0) is 15.5. The fourth-order valence-electron chi connectivity index (χ4n) is 2.16. The van der Waals surface area contributed by atoms with Crippen LogP contribution in [0.5, 0.6) is 0 Å². The number of urea groups is 1. The highest BCUT2D eigenvalue weighted by Crippen LogP contribution is 2.28. The first kappa shape index (κ1) is 15.2.